The highest BCUT2D eigenvalue weighted by atomic mass is 35.5. The van der Waals surface area contributed by atoms with Crippen molar-refractivity contribution in [3.05, 3.63) is 68.6 Å². The molecular weight excluding hydrogens is 323 g/mol. The summed E-state index contributed by atoms with van der Waals surface area (Å²) in [7, 11) is 0. The van der Waals surface area contributed by atoms with Gasteiger partial charge in [-0.3, -0.25) is 4.79 Å². The monoisotopic (exact) mass is 331 g/mol. The molecule has 8 heteroatoms. The van der Waals surface area contributed by atoms with Crippen molar-refractivity contribution in [2.45, 2.75) is 12.7 Å². The highest BCUT2D eigenvalue weighted by Gasteiger charge is 2.30. The number of carboxylic acid groups (broad SMARTS) is 1. The average Bonchev–Trinajstić information content (AvgIpc) is 2.41. The Labute approximate surface area is 127 Å². The number of rotatable bonds is 3. The van der Waals surface area contributed by atoms with Crippen molar-refractivity contribution in [1.29, 1.82) is 0 Å². The van der Waals surface area contributed by atoms with E-state index >= 15 is 0 Å². The van der Waals surface area contributed by atoms with Crippen molar-refractivity contribution in [2.24, 2.45) is 0 Å². The summed E-state index contributed by atoms with van der Waals surface area (Å²) < 4.78 is 38.9. The van der Waals surface area contributed by atoms with Crippen LogP contribution in [0.2, 0.25) is 5.02 Å². The van der Waals surface area contributed by atoms with E-state index in [4.69, 9.17) is 16.7 Å². The summed E-state index contributed by atoms with van der Waals surface area (Å²) in [5.74, 6) is -1.45. The summed E-state index contributed by atoms with van der Waals surface area (Å²) in [5, 5.41) is 8.91. The van der Waals surface area contributed by atoms with Crippen LogP contribution in [-0.2, 0) is 12.7 Å². The summed E-state index contributed by atoms with van der Waals surface area (Å²) in [4.78, 5) is 22.9. The molecule has 1 heterocycles. The fourth-order valence-corrected chi connectivity index (χ4v) is 2.14. The van der Waals surface area contributed by atoms with E-state index in [1.54, 1.807) is 0 Å². The molecule has 0 saturated heterocycles. The number of hydrogen-bond donors (Lipinski definition) is 1. The van der Waals surface area contributed by atoms with Crippen LogP contribution in [0.15, 0.2) is 41.3 Å². The molecule has 1 N–H and O–H groups in total. The van der Waals surface area contributed by atoms with E-state index in [0.29, 0.717) is 0 Å². The molecule has 0 spiro atoms. The lowest BCUT2D eigenvalue weighted by Crippen LogP contribution is -2.26. The highest BCUT2D eigenvalue weighted by Crippen LogP contribution is 2.29. The van der Waals surface area contributed by atoms with Crippen molar-refractivity contribution in [3.8, 4) is 0 Å². The maximum Gasteiger partial charge on any atom is 0.416 e. The van der Waals surface area contributed by atoms with E-state index in [1.165, 1.54) is 18.3 Å². The number of aromatic nitrogens is 1. The van der Waals surface area contributed by atoms with Gasteiger partial charge in [-0.1, -0.05) is 23.7 Å². The first-order valence-electron chi connectivity index (χ1n) is 5.98. The Kier molecular flexibility index (Phi) is 4.27. The second-order valence-corrected chi connectivity index (χ2v) is 4.94. The van der Waals surface area contributed by atoms with Crippen molar-refractivity contribution >= 4 is 17.6 Å². The number of nitrogens with zero attached hydrogens (tertiary/aromatic N) is 1. The van der Waals surface area contributed by atoms with Crippen molar-refractivity contribution in [3.63, 3.8) is 0 Å². The summed E-state index contributed by atoms with van der Waals surface area (Å²) in [6.07, 6.45) is -3.32. The van der Waals surface area contributed by atoms with E-state index in [0.717, 1.165) is 22.8 Å². The van der Waals surface area contributed by atoms with Crippen LogP contribution in [0.1, 0.15) is 21.5 Å². The Bertz CT molecular complexity index is 784. The molecule has 0 bridgehead atoms. The van der Waals surface area contributed by atoms with Crippen LogP contribution in [0.4, 0.5) is 13.2 Å². The van der Waals surface area contributed by atoms with Gasteiger partial charge in [-0.25, -0.2) is 4.79 Å². The third-order valence-corrected chi connectivity index (χ3v) is 3.10. The van der Waals surface area contributed by atoms with Gasteiger partial charge in [0.2, 0.25) is 0 Å². The minimum Gasteiger partial charge on any atom is -0.477 e. The summed E-state index contributed by atoms with van der Waals surface area (Å²) >= 11 is 5.73. The minimum absolute atomic E-state index is 0.00368. The Hall–Kier alpha value is -2.28. The largest absolute Gasteiger partial charge is 0.477 e. The Morgan fingerprint density at radius 2 is 1.95 bits per heavy atom. The van der Waals surface area contributed by atoms with Crippen LogP contribution in [0.5, 0.6) is 0 Å². The number of hydrogen-bond acceptors (Lipinski definition) is 2. The normalized spacial score (nSPS) is 11.5. The summed E-state index contributed by atoms with van der Waals surface area (Å²) in [5.41, 5.74) is -2.03. The summed E-state index contributed by atoms with van der Waals surface area (Å²) in [6, 6.07) is 5.42. The SMILES string of the molecule is O=C(O)c1cc(Cl)cn(Cc2cccc(C(F)(F)F)c2)c1=O. The van der Waals surface area contributed by atoms with Gasteiger partial charge < -0.3 is 9.67 Å². The number of aromatic carboxylic acids is 1. The van der Waals surface area contributed by atoms with E-state index < -0.39 is 28.8 Å². The van der Waals surface area contributed by atoms with Crippen LogP contribution in [0.25, 0.3) is 0 Å². The van der Waals surface area contributed by atoms with Crippen molar-refractivity contribution in [1.82, 2.24) is 4.57 Å². The molecule has 0 aliphatic heterocycles. The molecule has 1 aromatic carbocycles. The lowest BCUT2D eigenvalue weighted by Gasteiger charge is -2.11. The Morgan fingerprint density at radius 1 is 1.27 bits per heavy atom. The highest BCUT2D eigenvalue weighted by molar-refractivity contribution is 6.30. The molecule has 1 aromatic heterocycles. The van der Waals surface area contributed by atoms with Crippen molar-refractivity contribution < 1.29 is 23.1 Å². The van der Waals surface area contributed by atoms with Crippen LogP contribution in [-0.4, -0.2) is 15.6 Å². The number of carboxylic acids is 1. The third kappa shape index (κ3) is 3.48. The van der Waals surface area contributed by atoms with Gasteiger partial charge in [0.05, 0.1) is 17.1 Å². The molecule has 0 aliphatic rings. The van der Waals surface area contributed by atoms with Gasteiger partial charge in [-0.05, 0) is 23.8 Å². The standard InChI is InChI=1S/C14H9ClF3NO3/c15-10-5-11(13(21)22)12(20)19(7-10)6-8-2-1-3-9(4-8)14(16,17)18/h1-5,7H,6H2,(H,21,22). The molecular formula is C14H9ClF3NO3. The first kappa shape index (κ1) is 16.1. The van der Waals surface area contributed by atoms with E-state index in [2.05, 4.69) is 0 Å². The molecule has 22 heavy (non-hydrogen) atoms. The minimum atomic E-state index is -4.50. The van der Waals surface area contributed by atoms with Gasteiger partial charge in [0, 0.05) is 6.20 Å². The number of alkyl halides is 3. The second kappa shape index (κ2) is 5.84. The number of benzene rings is 1. The van der Waals surface area contributed by atoms with Crippen LogP contribution < -0.4 is 5.56 Å². The van der Waals surface area contributed by atoms with Crippen LogP contribution in [0.3, 0.4) is 0 Å². The molecule has 4 nitrogen and oxygen atoms in total. The van der Waals surface area contributed by atoms with Crippen molar-refractivity contribution in [2.75, 3.05) is 0 Å². The van der Waals surface area contributed by atoms with Gasteiger partial charge in [-0.2, -0.15) is 13.2 Å². The smallest absolute Gasteiger partial charge is 0.416 e. The molecule has 0 radical (unpaired) electrons. The molecule has 0 atom stereocenters. The average molecular weight is 332 g/mol. The molecule has 0 unspecified atom stereocenters. The second-order valence-electron chi connectivity index (χ2n) is 4.51. The molecule has 2 aromatic rings. The molecule has 0 aliphatic carbocycles. The summed E-state index contributed by atoms with van der Waals surface area (Å²) in [6.45, 7) is -0.219. The first-order valence-corrected chi connectivity index (χ1v) is 6.35. The maximum absolute atomic E-state index is 12.7. The molecule has 0 fully saturated rings. The Balaban J connectivity index is 2.44. The molecule has 116 valence electrons. The fraction of sp³-hybridized carbons (Fsp3) is 0.143. The number of pyridine rings is 1. The van der Waals surface area contributed by atoms with Gasteiger partial charge >= 0.3 is 12.1 Å². The van der Waals surface area contributed by atoms with E-state index in [-0.39, 0.29) is 17.1 Å². The lowest BCUT2D eigenvalue weighted by molar-refractivity contribution is -0.137. The predicted molar refractivity (Wildman–Crippen MR) is 73.2 cm³/mol. The predicted octanol–water partition coefficient (Wildman–Crippen LogP) is 3.27. The first-order chi connectivity index (χ1) is 10.2. The third-order valence-electron chi connectivity index (χ3n) is 2.89. The van der Waals surface area contributed by atoms with Crippen LogP contribution in [0, 0.1) is 0 Å². The molecule has 0 saturated carbocycles. The fourth-order valence-electron chi connectivity index (χ4n) is 1.91. The quantitative estimate of drug-likeness (QED) is 0.939. The molecule has 0 amide bonds. The van der Waals surface area contributed by atoms with Gasteiger partial charge in [0.15, 0.2) is 0 Å². The Morgan fingerprint density at radius 3 is 2.55 bits per heavy atom. The van der Waals surface area contributed by atoms with Gasteiger partial charge in [0.1, 0.15) is 5.56 Å². The maximum atomic E-state index is 12.7. The zero-order valence-corrected chi connectivity index (χ0v) is 11.6. The van der Waals surface area contributed by atoms with Gasteiger partial charge in [-0.15, -0.1) is 0 Å². The van der Waals surface area contributed by atoms with Crippen LogP contribution >= 0.6 is 11.6 Å². The molecule has 2 rings (SSSR count). The zero-order valence-electron chi connectivity index (χ0n) is 10.9. The number of halogens is 4. The lowest BCUT2D eigenvalue weighted by atomic mass is 10.1. The van der Waals surface area contributed by atoms with Gasteiger partial charge in [0.25, 0.3) is 5.56 Å². The zero-order chi connectivity index (χ0) is 16.5. The topological polar surface area (TPSA) is 59.3 Å². The van der Waals surface area contributed by atoms with E-state index in [9.17, 15) is 22.8 Å². The number of carbonyl (C=O) groups is 1. The van der Waals surface area contributed by atoms with E-state index in [1.807, 2.05) is 0 Å².